The Hall–Kier alpha value is -1.21. The number of aryl methyl sites for hydroxylation is 1. The van der Waals surface area contributed by atoms with Gasteiger partial charge in [0.15, 0.2) is 0 Å². The summed E-state index contributed by atoms with van der Waals surface area (Å²) in [5.41, 5.74) is 1.30. The van der Waals surface area contributed by atoms with Crippen LogP contribution in [-0.2, 0) is 6.42 Å². The molecule has 4 rings (SSSR count). The summed E-state index contributed by atoms with van der Waals surface area (Å²) in [4.78, 5) is 0. The van der Waals surface area contributed by atoms with E-state index in [2.05, 4.69) is 43.3 Å². The van der Waals surface area contributed by atoms with Crippen molar-refractivity contribution in [2.75, 3.05) is 0 Å². The van der Waals surface area contributed by atoms with Crippen LogP contribution in [0, 0.1) is 0 Å². The highest BCUT2D eigenvalue weighted by Crippen LogP contribution is 2.47. The van der Waals surface area contributed by atoms with Gasteiger partial charge in [0.05, 0.1) is 15.1 Å². The van der Waals surface area contributed by atoms with Crippen LogP contribution >= 0.6 is 34.8 Å². The number of benzene rings is 4. The van der Waals surface area contributed by atoms with Crippen molar-refractivity contribution in [3.8, 4) is 0 Å². The Kier molecular flexibility index (Phi) is 11.5. The van der Waals surface area contributed by atoms with Gasteiger partial charge in [0.1, 0.15) is 0 Å². The molecule has 0 aliphatic carbocycles. The van der Waals surface area contributed by atoms with Crippen LogP contribution in [-0.4, -0.2) is 0 Å². The second-order valence-corrected chi connectivity index (χ2v) is 12.1. The summed E-state index contributed by atoms with van der Waals surface area (Å²) < 4.78 is 0. The van der Waals surface area contributed by atoms with Crippen LogP contribution in [0.25, 0.3) is 32.3 Å². The number of hydrogen-bond donors (Lipinski definition) is 0. The molecule has 0 bridgehead atoms. The van der Waals surface area contributed by atoms with Crippen molar-refractivity contribution in [2.45, 2.75) is 116 Å². The lowest BCUT2D eigenvalue weighted by molar-refractivity contribution is 0.529. The highest BCUT2D eigenvalue weighted by molar-refractivity contribution is 6.54. The molecule has 0 saturated carbocycles. The SMILES string of the molecule is CCCCCCCCCCCCCCCCCCc1cc2cccc3ccc4c(Cl)c(Cl)c(Cl)c1c4c32. The molecule has 0 heterocycles. The molecule has 0 saturated heterocycles. The quantitative estimate of drug-likeness (QED) is 0.0687. The largest absolute Gasteiger partial charge is 0.0820 e. The van der Waals surface area contributed by atoms with Gasteiger partial charge in [-0.1, -0.05) is 174 Å². The summed E-state index contributed by atoms with van der Waals surface area (Å²) in [6.45, 7) is 2.29. The van der Waals surface area contributed by atoms with Crippen LogP contribution < -0.4 is 0 Å². The van der Waals surface area contributed by atoms with Gasteiger partial charge in [-0.15, -0.1) is 0 Å². The lowest BCUT2D eigenvalue weighted by Gasteiger charge is -2.18. The second-order valence-electron chi connectivity index (χ2n) is 11.0. The lowest BCUT2D eigenvalue weighted by Crippen LogP contribution is -1.94. The van der Waals surface area contributed by atoms with Crippen molar-refractivity contribution < 1.29 is 0 Å². The zero-order chi connectivity index (χ0) is 26.0. The molecule has 0 unspecified atom stereocenters. The van der Waals surface area contributed by atoms with E-state index in [0.717, 1.165) is 17.2 Å². The molecule has 0 aliphatic heterocycles. The van der Waals surface area contributed by atoms with Crippen molar-refractivity contribution >= 4 is 67.1 Å². The normalized spacial score (nSPS) is 12.0. The van der Waals surface area contributed by atoms with Gasteiger partial charge in [0.2, 0.25) is 0 Å². The van der Waals surface area contributed by atoms with E-state index in [1.165, 1.54) is 130 Å². The minimum atomic E-state index is 0.474. The van der Waals surface area contributed by atoms with Gasteiger partial charge in [-0.05, 0) is 34.6 Å². The molecule has 4 aromatic carbocycles. The summed E-state index contributed by atoms with van der Waals surface area (Å²) in [6.07, 6.45) is 23.2. The van der Waals surface area contributed by atoms with Crippen molar-refractivity contribution in [1.82, 2.24) is 0 Å². The van der Waals surface area contributed by atoms with E-state index in [4.69, 9.17) is 34.8 Å². The first-order valence-corrected chi connectivity index (χ1v) is 16.0. The molecule has 0 fully saturated rings. The molecule has 0 amide bonds. The van der Waals surface area contributed by atoms with Gasteiger partial charge in [-0.2, -0.15) is 0 Å². The number of rotatable bonds is 17. The minimum Gasteiger partial charge on any atom is -0.0820 e. The molecule has 0 spiro atoms. The van der Waals surface area contributed by atoms with Crippen molar-refractivity contribution in [3.05, 3.63) is 57.0 Å². The molecule has 37 heavy (non-hydrogen) atoms. The third kappa shape index (κ3) is 7.26. The summed E-state index contributed by atoms with van der Waals surface area (Å²) >= 11 is 20.1. The Morgan fingerprint density at radius 1 is 0.486 bits per heavy atom. The lowest BCUT2D eigenvalue weighted by atomic mass is 9.89. The summed E-state index contributed by atoms with van der Waals surface area (Å²) in [5, 5.41) is 8.62. The van der Waals surface area contributed by atoms with E-state index in [0.29, 0.717) is 15.1 Å². The van der Waals surface area contributed by atoms with Gasteiger partial charge in [0.25, 0.3) is 0 Å². The average molecular weight is 558 g/mol. The molecule has 0 radical (unpaired) electrons. The first-order valence-electron chi connectivity index (χ1n) is 14.9. The van der Waals surface area contributed by atoms with E-state index in [-0.39, 0.29) is 0 Å². The van der Waals surface area contributed by atoms with Crippen LogP contribution in [0.4, 0.5) is 0 Å². The van der Waals surface area contributed by atoms with E-state index in [1.54, 1.807) is 0 Å². The number of unbranched alkanes of at least 4 members (excludes halogenated alkanes) is 15. The third-order valence-electron chi connectivity index (χ3n) is 8.12. The standard InChI is InChI=1S/C34H43Cl3/c1-2-3-4-5-6-7-8-9-10-11-12-13-14-15-16-17-19-27-24-26-21-18-20-25-22-23-28-31(29(25)26)30(27)33(36)34(37)32(28)35/h18,20-24H,2-17,19H2,1H3. The van der Waals surface area contributed by atoms with Crippen LogP contribution in [0.1, 0.15) is 115 Å². The average Bonchev–Trinajstić information content (AvgIpc) is 2.91. The van der Waals surface area contributed by atoms with E-state index >= 15 is 0 Å². The van der Waals surface area contributed by atoms with E-state index in [9.17, 15) is 0 Å². The fourth-order valence-electron chi connectivity index (χ4n) is 6.03. The predicted octanol–water partition coefficient (Wildman–Crippen LogP) is 13.3. The van der Waals surface area contributed by atoms with E-state index in [1.807, 2.05) is 0 Å². The van der Waals surface area contributed by atoms with E-state index < -0.39 is 0 Å². The highest BCUT2D eigenvalue weighted by atomic mass is 35.5. The predicted molar refractivity (Wildman–Crippen MR) is 168 cm³/mol. The Labute approximate surface area is 239 Å². The van der Waals surface area contributed by atoms with Crippen molar-refractivity contribution in [3.63, 3.8) is 0 Å². The number of halogens is 3. The Morgan fingerprint density at radius 2 is 1.03 bits per heavy atom. The molecule has 4 aromatic rings. The second kappa shape index (κ2) is 14.8. The maximum atomic E-state index is 6.82. The zero-order valence-corrected chi connectivity index (χ0v) is 24.9. The van der Waals surface area contributed by atoms with Crippen LogP contribution in [0.5, 0.6) is 0 Å². The van der Waals surface area contributed by atoms with Gasteiger partial charge in [-0.25, -0.2) is 0 Å². The maximum absolute atomic E-state index is 6.82. The topological polar surface area (TPSA) is 0 Å². The molecule has 0 aliphatic rings. The highest BCUT2D eigenvalue weighted by Gasteiger charge is 2.20. The molecule has 0 nitrogen and oxygen atoms in total. The number of hydrogen-bond acceptors (Lipinski definition) is 0. The molecular formula is C34H43Cl3. The minimum absolute atomic E-state index is 0.474. The summed E-state index contributed by atoms with van der Waals surface area (Å²) in [5.74, 6) is 0. The van der Waals surface area contributed by atoms with Crippen LogP contribution in [0.2, 0.25) is 15.1 Å². The molecule has 200 valence electrons. The van der Waals surface area contributed by atoms with Gasteiger partial charge in [0, 0.05) is 16.2 Å². The molecular weight excluding hydrogens is 515 g/mol. The molecule has 0 N–H and O–H groups in total. The maximum Gasteiger partial charge on any atom is 0.0791 e. The van der Waals surface area contributed by atoms with Crippen molar-refractivity contribution in [1.29, 1.82) is 0 Å². The fraction of sp³-hybridized carbons (Fsp3) is 0.529. The summed E-state index contributed by atoms with van der Waals surface area (Å²) in [6, 6.07) is 13.0. The molecule has 0 aromatic heterocycles. The Morgan fingerprint density at radius 3 is 1.62 bits per heavy atom. The van der Waals surface area contributed by atoms with Crippen molar-refractivity contribution in [2.24, 2.45) is 0 Å². The van der Waals surface area contributed by atoms with Gasteiger partial charge < -0.3 is 0 Å². The van der Waals surface area contributed by atoms with Gasteiger partial charge >= 0.3 is 0 Å². The van der Waals surface area contributed by atoms with Crippen LogP contribution in [0.3, 0.4) is 0 Å². The first kappa shape index (κ1) is 28.8. The Balaban J connectivity index is 1.21. The molecule has 0 atom stereocenters. The zero-order valence-electron chi connectivity index (χ0n) is 22.6. The van der Waals surface area contributed by atoms with Gasteiger partial charge in [-0.3, -0.25) is 0 Å². The fourth-order valence-corrected chi connectivity index (χ4v) is 6.83. The van der Waals surface area contributed by atoms with Crippen LogP contribution in [0.15, 0.2) is 36.4 Å². The third-order valence-corrected chi connectivity index (χ3v) is 9.46. The first-order chi connectivity index (χ1) is 18.1. The monoisotopic (exact) mass is 556 g/mol. The smallest absolute Gasteiger partial charge is 0.0791 e. The Bertz CT molecular complexity index is 1260. The summed E-state index contributed by atoms with van der Waals surface area (Å²) in [7, 11) is 0. The molecule has 3 heteroatoms.